The summed E-state index contributed by atoms with van der Waals surface area (Å²) in [5.41, 5.74) is -0.856. The van der Waals surface area contributed by atoms with Crippen molar-refractivity contribution in [2.75, 3.05) is 27.2 Å². The molecule has 144 valence electrons. The predicted molar refractivity (Wildman–Crippen MR) is 96.9 cm³/mol. The molecule has 25 heavy (non-hydrogen) atoms. The van der Waals surface area contributed by atoms with E-state index in [9.17, 15) is 13.2 Å². The van der Waals surface area contributed by atoms with Gasteiger partial charge in [-0.05, 0) is 33.4 Å². The van der Waals surface area contributed by atoms with Gasteiger partial charge in [-0.1, -0.05) is 13.8 Å². The molecule has 1 atom stereocenters. The molecule has 0 fully saturated rings. The van der Waals surface area contributed by atoms with Gasteiger partial charge in [-0.3, -0.25) is 0 Å². The molecule has 0 bridgehead atoms. The normalized spacial score (nSPS) is 14.2. The molecule has 0 spiro atoms. The van der Waals surface area contributed by atoms with Crippen LogP contribution in [0.25, 0.3) is 0 Å². The zero-order valence-corrected chi connectivity index (χ0v) is 16.3. The van der Waals surface area contributed by atoms with Crippen LogP contribution in [0.2, 0.25) is 0 Å². The largest absolute Gasteiger partial charge is 0.434 e. The predicted octanol–water partition coefficient (Wildman–Crippen LogP) is 3.19. The zero-order valence-electron chi connectivity index (χ0n) is 15.4. The Morgan fingerprint density at radius 3 is 2.48 bits per heavy atom. The Balaban J connectivity index is 2.68. The van der Waals surface area contributed by atoms with Crippen LogP contribution in [0.5, 0.6) is 0 Å². The van der Waals surface area contributed by atoms with Crippen LogP contribution in [0.3, 0.4) is 0 Å². The van der Waals surface area contributed by atoms with Gasteiger partial charge >= 0.3 is 6.18 Å². The van der Waals surface area contributed by atoms with Crippen LogP contribution in [0.15, 0.2) is 10.4 Å². The molecule has 0 saturated heterocycles. The lowest BCUT2D eigenvalue weighted by atomic mass is 10.0. The Labute approximate surface area is 151 Å². The maximum Gasteiger partial charge on any atom is 0.434 e. The fraction of sp³-hybridized carbons (Fsp3) is 0.750. The van der Waals surface area contributed by atoms with Crippen LogP contribution < -0.4 is 10.6 Å². The van der Waals surface area contributed by atoms with E-state index in [1.165, 1.54) is 0 Å². The first kappa shape index (κ1) is 21.7. The second-order valence-corrected chi connectivity index (χ2v) is 7.39. The number of nitrogens with zero attached hydrogens (tertiary/aromatic N) is 3. The van der Waals surface area contributed by atoms with Crippen molar-refractivity contribution in [1.29, 1.82) is 0 Å². The minimum atomic E-state index is -4.41. The Bertz CT molecular complexity index is 540. The first-order chi connectivity index (χ1) is 11.6. The molecule has 0 amide bonds. The van der Waals surface area contributed by atoms with Gasteiger partial charge in [0.15, 0.2) is 11.7 Å². The van der Waals surface area contributed by atoms with Crippen molar-refractivity contribution in [3.63, 3.8) is 0 Å². The molecule has 0 aliphatic carbocycles. The summed E-state index contributed by atoms with van der Waals surface area (Å²) in [6.07, 6.45) is -3.36. The van der Waals surface area contributed by atoms with E-state index in [-0.39, 0.29) is 6.54 Å². The maximum atomic E-state index is 12.6. The summed E-state index contributed by atoms with van der Waals surface area (Å²) in [5.74, 6) is 1.16. The lowest BCUT2D eigenvalue weighted by Gasteiger charge is -2.27. The number of thiazole rings is 1. The molecular formula is C16H28F3N5S. The standard InChI is InChI=1S/C16H28F3N5S/c1-6-20-15(21-8-12(24(4)5)7-11(2)3)22-9-14-23-13(10-25-14)16(17,18)19/h10-12H,6-9H2,1-5H3,(H2,20,21,22). The van der Waals surface area contributed by atoms with Crippen molar-refractivity contribution >= 4 is 17.3 Å². The molecule has 1 aromatic rings. The van der Waals surface area contributed by atoms with Crippen molar-refractivity contribution in [2.24, 2.45) is 10.9 Å². The van der Waals surface area contributed by atoms with Gasteiger partial charge in [0.2, 0.25) is 0 Å². The molecule has 1 rings (SSSR count). The molecule has 0 saturated carbocycles. The van der Waals surface area contributed by atoms with Crippen molar-refractivity contribution in [3.8, 4) is 0 Å². The smallest absolute Gasteiger partial charge is 0.357 e. The molecule has 0 radical (unpaired) electrons. The SMILES string of the molecule is CCNC(=NCc1nc(C(F)(F)F)cs1)NCC(CC(C)C)N(C)C. The minimum Gasteiger partial charge on any atom is -0.357 e. The van der Waals surface area contributed by atoms with Crippen LogP contribution in [0.4, 0.5) is 13.2 Å². The van der Waals surface area contributed by atoms with Gasteiger partial charge in [0.25, 0.3) is 0 Å². The minimum absolute atomic E-state index is 0.118. The maximum absolute atomic E-state index is 12.6. The van der Waals surface area contributed by atoms with E-state index in [0.29, 0.717) is 36.0 Å². The van der Waals surface area contributed by atoms with Gasteiger partial charge in [0, 0.05) is 24.5 Å². The van der Waals surface area contributed by atoms with Crippen molar-refractivity contribution in [2.45, 2.75) is 46.0 Å². The number of alkyl halides is 3. The van der Waals surface area contributed by atoms with E-state index >= 15 is 0 Å². The second-order valence-electron chi connectivity index (χ2n) is 6.45. The fourth-order valence-corrected chi connectivity index (χ4v) is 2.96. The second kappa shape index (κ2) is 9.96. The third kappa shape index (κ3) is 8.04. The number of aliphatic imine (C=N–C) groups is 1. The van der Waals surface area contributed by atoms with Crippen LogP contribution in [0.1, 0.15) is 37.9 Å². The zero-order chi connectivity index (χ0) is 19.0. The molecule has 2 N–H and O–H groups in total. The summed E-state index contributed by atoms with van der Waals surface area (Å²) in [6.45, 7) is 7.80. The van der Waals surface area contributed by atoms with E-state index in [0.717, 1.165) is 23.1 Å². The molecule has 1 unspecified atom stereocenters. The molecule has 1 heterocycles. The number of aromatic nitrogens is 1. The summed E-state index contributed by atoms with van der Waals surface area (Å²) in [4.78, 5) is 10.1. The molecule has 0 aliphatic rings. The number of rotatable bonds is 8. The summed E-state index contributed by atoms with van der Waals surface area (Å²) >= 11 is 0.972. The molecule has 9 heteroatoms. The highest BCUT2D eigenvalue weighted by molar-refractivity contribution is 7.09. The van der Waals surface area contributed by atoms with Gasteiger partial charge in [0.05, 0.1) is 6.54 Å². The highest BCUT2D eigenvalue weighted by Crippen LogP contribution is 2.30. The molecule has 5 nitrogen and oxygen atoms in total. The lowest BCUT2D eigenvalue weighted by Crippen LogP contribution is -2.45. The average Bonchev–Trinajstić information content (AvgIpc) is 2.97. The number of nitrogens with one attached hydrogen (secondary N) is 2. The first-order valence-corrected chi connectivity index (χ1v) is 9.21. The summed E-state index contributed by atoms with van der Waals surface area (Å²) in [5, 5.41) is 7.75. The lowest BCUT2D eigenvalue weighted by molar-refractivity contribution is -0.140. The monoisotopic (exact) mass is 379 g/mol. The number of hydrogen-bond donors (Lipinski definition) is 2. The van der Waals surface area contributed by atoms with E-state index in [1.54, 1.807) is 0 Å². The average molecular weight is 379 g/mol. The Morgan fingerprint density at radius 2 is 2.00 bits per heavy atom. The van der Waals surface area contributed by atoms with Crippen LogP contribution in [-0.4, -0.2) is 49.1 Å². The van der Waals surface area contributed by atoms with Crippen LogP contribution >= 0.6 is 11.3 Å². The highest BCUT2D eigenvalue weighted by atomic mass is 32.1. The third-order valence-corrected chi connectivity index (χ3v) is 4.37. The van der Waals surface area contributed by atoms with E-state index in [4.69, 9.17) is 0 Å². The molecule has 0 aromatic carbocycles. The van der Waals surface area contributed by atoms with Crippen LogP contribution in [0, 0.1) is 5.92 Å². The Kier molecular flexibility index (Phi) is 8.64. The van der Waals surface area contributed by atoms with Gasteiger partial charge in [-0.15, -0.1) is 11.3 Å². The van der Waals surface area contributed by atoms with Crippen molar-refractivity contribution < 1.29 is 13.2 Å². The summed E-state index contributed by atoms with van der Waals surface area (Å²) in [7, 11) is 4.07. The van der Waals surface area contributed by atoms with Gasteiger partial charge in [-0.2, -0.15) is 13.2 Å². The topological polar surface area (TPSA) is 52.6 Å². The van der Waals surface area contributed by atoms with Gasteiger partial charge < -0.3 is 15.5 Å². The third-order valence-electron chi connectivity index (χ3n) is 3.54. The van der Waals surface area contributed by atoms with Crippen molar-refractivity contribution in [3.05, 3.63) is 16.1 Å². The summed E-state index contributed by atoms with van der Waals surface area (Å²) < 4.78 is 37.8. The fourth-order valence-electron chi connectivity index (χ4n) is 2.24. The Hall–Kier alpha value is -1.35. The van der Waals surface area contributed by atoms with Crippen LogP contribution in [-0.2, 0) is 12.7 Å². The number of hydrogen-bond acceptors (Lipinski definition) is 4. The molecule has 1 aromatic heterocycles. The van der Waals surface area contributed by atoms with Gasteiger partial charge in [-0.25, -0.2) is 9.98 Å². The first-order valence-electron chi connectivity index (χ1n) is 8.33. The molecule has 0 aliphatic heterocycles. The number of halogens is 3. The number of guanidine groups is 1. The number of likely N-dealkylation sites (N-methyl/N-ethyl adjacent to an activating group) is 1. The highest BCUT2D eigenvalue weighted by Gasteiger charge is 2.33. The molecular weight excluding hydrogens is 351 g/mol. The quantitative estimate of drug-likeness (QED) is 0.538. The van der Waals surface area contributed by atoms with E-state index < -0.39 is 11.9 Å². The Morgan fingerprint density at radius 1 is 1.32 bits per heavy atom. The van der Waals surface area contributed by atoms with E-state index in [2.05, 4.69) is 39.4 Å². The van der Waals surface area contributed by atoms with Crippen molar-refractivity contribution in [1.82, 2.24) is 20.5 Å². The van der Waals surface area contributed by atoms with E-state index in [1.807, 2.05) is 21.0 Å². The van der Waals surface area contributed by atoms with Gasteiger partial charge in [0.1, 0.15) is 5.01 Å². The summed E-state index contributed by atoms with van der Waals surface area (Å²) in [6, 6.07) is 0.348.